The molecule has 2 aliphatic rings. The Hall–Kier alpha value is -1.28. The molecule has 1 saturated carbocycles. The second-order valence-corrected chi connectivity index (χ2v) is 7.72. The summed E-state index contributed by atoms with van der Waals surface area (Å²) in [5.74, 6) is 0.826. The fourth-order valence-corrected chi connectivity index (χ4v) is 4.24. The molecule has 0 bridgehead atoms. The van der Waals surface area contributed by atoms with Crippen LogP contribution in [0, 0.1) is 5.92 Å². The van der Waals surface area contributed by atoms with Gasteiger partial charge in [-0.2, -0.15) is 0 Å². The van der Waals surface area contributed by atoms with Gasteiger partial charge in [-0.05, 0) is 31.6 Å². The van der Waals surface area contributed by atoms with E-state index in [0.717, 1.165) is 25.9 Å². The van der Waals surface area contributed by atoms with Gasteiger partial charge in [-0.1, -0.05) is 31.5 Å². The maximum atomic E-state index is 12.2. The molecular weight excluding hydrogens is 328 g/mol. The van der Waals surface area contributed by atoms with E-state index >= 15 is 0 Å². The number of nitrogens with zero attached hydrogens (tertiary/aromatic N) is 2. The Bertz CT molecular complexity index is 609. The van der Waals surface area contributed by atoms with Gasteiger partial charge in [0.25, 0.3) is 0 Å². The number of hydrogen-bond donors (Lipinski definition) is 2. The molecule has 0 radical (unpaired) electrons. The van der Waals surface area contributed by atoms with Crippen molar-refractivity contribution in [3.8, 4) is 0 Å². The predicted octanol–water partition coefficient (Wildman–Crippen LogP) is 1.54. The summed E-state index contributed by atoms with van der Waals surface area (Å²) in [7, 11) is 0. The van der Waals surface area contributed by atoms with Crippen LogP contribution in [-0.2, 0) is 16.1 Å². The first-order valence-corrected chi connectivity index (χ1v) is 9.81. The minimum absolute atomic E-state index is 0.0119. The highest BCUT2D eigenvalue weighted by Crippen LogP contribution is 2.24. The Labute approximate surface area is 145 Å². The van der Waals surface area contributed by atoms with Crippen LogP contribution in [0.15, 0.2) is 9.95 Å². The number of nitrogens with one attached hydrogen (secondary N) is 2. The Morgan fingerprint density at radius 2 is 2.21 bits per heavy atom. The van der Waals surface area contributed by atoms with Crippen molar-refractivity contribution in [2.24, 2.45) is 5.92 Å². The van der Waals surface area contributed by atoms with E-state index in [1.165, 1.54) is 31.0 Å². The maximum absolute atomic E-state index is 12.2. The van der Waals surface area contributed by atoms with E-state index in [2.05, 4.69) is 22.4 Å². The predicted molar refractivity (Wildman–Crippen MR) is 92.1 cm³/mol. The van der Waals surface area contributed by atoms with Gasteiger partial charge in [0.15, 0.2) is 5.16 Å². The lowest BCUT2D eigenvalue weighted by Crippen LogP contribution is -2.41. The summed E-state index contributed by atoms with van der Waals surface area (Å²) in [6.07, 6.45) is 6.73. The number of aromatic nitrogens is 3. The van der Waals surface area contributed by atoms with Crippen LogP contribution in [0.4, 0.5) is 0 Å². The average Bonchev–Trinajstić information content (AvgIpc) is 3.19. The molecule has 2 heterocycles. The Balaban J connectivity index is 1.52. The Morgan fingerprint density at radius 1 is 1.38 bits per heavy atom. The van der Waals surface area contributed by atoms with Crippen LogP contribution in [0.2, 0.25) is 0 Å². The molecular formula is C16H26N4O3S. The van der Waals surface area contributed by atoms with E-state index in [4.69, 9.17) is 4.74 Å². The van der Waals surface area contributed by atoms with Crippen molar-refractivity contribution in [3.63, 3.8) is 0 Å². The molecule has 8 heteroatoms. The van der Waals surface area contributed by atoms with Crippen molar-refractivity contribution < 1.29 is 9.53 Å². The van der Waals surface area contributed by atoms with Crippen LogP contribution >= 0.6 is 11.8 Å². The van der Waals surface area contributed by atoms with Gasteiger partial charge >= 0.3 is 5.69 Å². The zero-order valence-corrected chi connectivity index (χ0v) is 14.9. The van der Waals surface area contributed by atoms with Crippen LogP contribution < -0.4 is 11.0 Å². The number of hydrogen-bond acceptors (Lipinski definition) is 5. The van der Waals surface area contributed by atoms with Crippen molar-refractivity contribution in [1.82, 2.24) is 20.1 Å². The highest BCUT2D eigenvalue weighted by Gasteiger charge is 2.24. The number of amides is 1. The number of H-pyrrole nitrogens is 1. The number of carbonyl (C=O) groups is 1. The maximum Gasteiger partial charge on any atom is 0.344 e. The monoisotopic (exact) mass is 354 g/mol. The normalized spacial score (nSPS) is 27.3. The molecule has 3 atom stereocenters. The quantitative estimate of drug-likeness (QED) is 0.757. The molecule has 0 spiro atoms. The van der Waals surface area contributed by atoms with Gasteiger partial charge in [0.05, 0.1) is 18.4 Å². The second kappa shape index (κ2) is 8.20. The van der Waals surface area contributed by atoms with Crippen molar-refractivity contribution in [3.05, 3.63) is 10.5 Å². The van der Waals surface area contributed by atoms with Crippen molar-refractivity contribution in [1.29, 1.82) is 0 Å². The third-order valence-corrected chi connectivity index (χ3v) is 5.90. The fraction of sp³-hybridized carbons (Fsp3) is 0.812. The largest absolute Gasteiger partial charge is 0.376 e. The van der Waals surface area contributed by atoms with Gasteiger partial charge in [-0.25, -0.2) is 9.89 Å². The third-order valence-electron chi connectivity index (χ3n) is 4.92. The minimum Gasteiger partial charge on any atom is -0.376 e. The molecule has 2 fully saturated rings. The van der Waals surface area contributed by atoms with Crippen LogP contribution in [-0.4, -0.2) is 45.2 Å². The van der Waals surface area contributed by atoms with E-state index in [1.54, 1.807) is 4.57 Å². The first-order valence-electron chi connectivity index (χ1n) is 8.82. The van der Waals surface area contributed by atoms with Gasteiger partial charge in [0.2, 0.25) is 5.91 Å². The summed E-state index contributed by atoms with van der Waals surface area (Å²) in [6.45, 7) is 3.45. The molecule has 1 aliphatic carbocycles. The van der Waals surface area contributed by atoms with E-state index in [-0.39, 0.29) is 29.5 Å². The molecule has 1 aliphatic heterocycles. The molecule has 3 rings (SSSR count). The Kier molecular flexibility index (Phi) is 5.99. The molecule has 1 amide bonds. The molecule has 1 aromatic heterocycles. The van der Waals surface area contributed by atoms with Gasteiger partial charge < -0.3 is 10.1 Å². The van der Waals surface area contributed by atoms with Crippen molar-refractivity contribution in [2.45, 2.75) is 69.3 Å². The molecule has 2 N–H and O–H groups in total. The van der Waals surface area contributed by atoms with E-state index in [0.29, 0.717) is 17.6 Å². The highest BCUT2D eigenvalue weighted by molar-refractivity contribution is 7.99. The number of carbonyl (C=O) groups excluding carboxylic acids is 1. The molecule has 1 aromatic rings. The number of thioether (sulfide) groups is 1. The lowest BCUT2D eigenvalue weighted by Gasteiger charge is -2.29. The fourth-order valence-electron chi connectivity index (χ4n) is 3.48. The van der Waals surface area contributed by atoms with Crippen LogP contribution in [0.3, 0.4) is 0 Å². The molecule has 0 unspecified atom stereocenters. The summed E-state index contributed by atoms with van der Waals surface area (Å²) in [6, 6.07) is 0.278. The zero-order chi connectivity index (χ0) is 16.9. The Morgan fingerprint density at radius 3 is 2.96 bits per heavy atom. The smallest absolute Gasteiger partial charge is 0.344 e. The van der Waals surface area contributed by atoms with Crippen molar-refractivity contribution in [2.75, 3.05) is 12.4 Å². The highest BCUT2D eigenvalue weighted by atomic mass is 32.2. The van der Waals surface area contributed by atoms with Crippen LogP contribution in [0.25, 0.3) is 0 Å². The van der Waals surface area contributed by atoms with E-state index in [1.807, 2.05) is 0 Å². The summed E-state index contributed by atoms with van der Waals surface area (Å²) in [4.78, 5) is 24.1. The van der Waals surface area contributed by atoms with Crippen LogP contribution in [0.5, 0.6) is 0 Å². The zero-order valence-electron chi connectivity index (χ0n) is 14.1. The van der Waals surface area contributed by atoms with E-state index in [9.17, 15) is 9.59 Å². The number of ether oxygens (including phenoxy) is 1. The van der Waals surface area contributed by atoms with Gasteiger partial charge in [-0.15, -0.1) is 5.10 Å². The number of rotatable bonds is 6. The summed E-state index contributed by atoms with van der Waals surface area (Å²) >= 11 is 1.30. The van der Waals surface area contributed by atoms with E-state index < -0.39 is 0 Å². The van der Waals surface area contributed by atoms with Gasteiger partial charge in [-0.3, -0.25) is 9.36 Å². The van der Waals surface area contributed by atoms with Gasteiger partial charge in [0, 0.05) is 12.6 Å². The first-order chi connectivity index (χ1) is 11.6. The van der Waals surface area contributed by atoms with Gasteiger partial charge in [0.1, 0.15) is 0 Å². The summed E-state index contributed by atoms with van der Waals surface area (Å²) in [5, 5.41) is 10.2. The average molecular weight is 354 g/mol. The minimum atomic E-state index is -0.241. The lowest BCUT2D eigenvalue weighted by atomic mass is 9.86. The molecule has 7 nitrogen and oxygen atoms in total. The SMILES string of the molecule is C[C@H]1CCCC[C@H]1NC(=O)CSc1n[nH]c(=O)n1C[C@@H]1CCCO1. The molecule has 1 saturated heterocycles. The summed E-state index contributed by atoms with van der Waals surface area (Å²) < 4.78 is 7.16. The molecule has 134 valence electrons. The summed E-state index contributed by atoms with van der Waals surface area (Å²) in [5.41, 5.74) is -0.241. The second-order valence-electron chi connectivity index (χ2n) is 6.78. The lowest BCUT2D eigenvalue weighted by molar-refractivity contribution is -0.119. The third kappa shape index (κ3) is 4.42. The molecule has 0 aromatic carbocycles. The van der Waals surface area contributed by atoms with Crippen LogP contribution in [0.1, 0.15) is 45.4 Å². The topological polar surface area (TPSA) is 89.0 Å². The number of aromatic amines is 1. The first kappa shape index (κ1) is 17.5. The standard InChI is InChI=1S/C16H26N4O3S/c1-11-5-2-3-7-13(11)17-14(21)10-24-16-19-18-15(22)20(16)9-12-6-4-8-23-12/h11-13H,2-10H2,1H3,(H,17,21)(H,18,22)/t11-,12-,13+/m0/s1. The van der Waals surface area contributed by atoms with Crippen molar-refractivity contribution >= 4 is 17.7 Å². The molecule has 24 heavy (non-hydrogen) atoms.